The summed E-state index contributed by atoms with van der Waals surface area (Å²) in [7, 11) is 0. The summed E-state index contributed by atoms with van der Waals surface area (Å²) in [5.41, 5.74) is 1.37. The Kier molecular flexibility index (Phi) is 3.69. The van der Waals surface area contributed by atoms with Crippen LogP contribution in [0.15, 0.2) is 91.0 Å². The number of nitrogens with zero attached hydrogens (tertiary/aromatic N) is 1. The van der Waals surface area contributed by atoms with Crippen LogP contribution in [-0.2, 0) is 0 Å². The molecule has 0 bridgehead atoms. The summed E-state index contributed by atoms with van der Waals surface area (Å²) in [6, 6.07) is 29.6. The van der Waals surface area contributed by atoms with Gasteiger partial charge in [-0.3, -0.25) is 10.1 Å². The molecule has 5 rings (SSSR count). The van der Waals surface area contributed by atoms with E-state index in [0.29, 0.717) is 5.69 Å². The lowest BCUT2D eigenvalue weighted by atomic mass is 9.94. The van der Waals surface area contributed by atoms with Crippen molar-refractivity contribution in [3.8, 4) is 0 Å². The SMILES string of the molecule is O=[N+]([O-])c1ccccc1Nc1ccc2c3ccccc3c3ccccc3c2c1. The second kappa shape index (κ2) is 6.35. The summed E-state index contributed by atoms with van der Waals surface area (Å²) in [6.07, 6.45) is 0. The van der Waals surface area contributed by atoms with Crippen LogP contribution in [0.2, 0.25) is 0 Å². The molecule has 0 aliphatic rings. The minimum Gasteiger partial charge on any atom is -0.350 e. The first-order valence-electron chi connectivity index (χ1n) is 9.06. The van der Waals surface area contributed by atoms with Gasteiger partial charge < -0.3 is 5.32 Å². The molecule has 0 amide bonds. The predicted molar refractivity (Wildman–Crippen MR) is 115 cm³/mol. The monoisotopic (exact) mass is 364 g/mol. The van der Waals surface area contributed by atoms with Crippen molar-refractivity contribution in [1.29, 1.82) is 0 Å². The fourth-order valence-corrected chi connectivity index (χ4v) is 3.88. The third-order valence-corrected chi connectivity index (χ3v) is 5.12. The standard InChI is InChI=1S/C24H16N2O2/c27-26(28)24-12-6-5-11-23(24)25-16-13-14-21-19-9-2-1-7-17(19)18-8-3-4-10-20(18)22(21)15-16/h1-15,25H. The van der Waals surface area contributed by atoms with E-state index >= 15 is 0 Å². The van der Waals surface area contributed by atoms with Crippen LogP contribution in [0.3, 0.4) is 0 Å². The normalized spacial score (nSPS) is 11.1. The molecule has 5 aromatic carbocycles. The summed E-state index contributed by atoms with van der Waals surface area (Å²) >= 11 is 0. The van der Waals surface area contributed by atoms with E-state index in [1.54, 1.807) is 18.2 Å². The molecule has 0 saturated carbocycles. The fraction of sp³-hybridized carbons (Fsp3) is 0. The van der Waals surface area contributed by atoms with Gasteiger partial charge in [-0.05, 0) is 50.5 Å². The largest absolute Gasteiger partial charge is 0.350 e. The van der Waals surface area contributed by atoms with E-state index in [4.69, 9.17) is 0 Å². The van der Waals surface area contributed by atoms with E-state index in [1.807, 2.05) is 12.1 Å². The number of fused-ring (bicyclic) bond motifs is 6. The maximum absolute atomic E-state index is 11.3. The van der Waals surface area contributed by atoms with Gasteiger partial charge in [0.05, 0.1) is 4.92 Å². The van der Waals surface area contributed by atoms with Crippen LogP contribution < -0.4 is 5.32 Å². The number of hydrogen-bond acceptors (Lipinski definition) is 3. The lowest BCUT2D eigenvalue weighted by Gasteiger charge is -2.13. The molecule has 0 unspecified atom stereocenters. The first kappa shape index (κ1) is 16.3. The van der Waals surface area contributed by atoms with Gasteiger partial charge in [0.15, 0.2) is 0 Å². The van der Waals surface area contributed by atoms with Gasteiger partial charge in [0.1, 0.15) is 5.69 Å². The number of hydrogen-bond donors (Lipinski definition) is 1. The third-order valence-electron chi connectivity index (χ3n) is 5.12. The van der Waals surface area contributed by atoms with Crippen LogP contribution in [0.1, 0.15) is 0 Å². The summed E-state index contributed by atoms with van der Waals surface area (Å²) in [5, 5.41) is 21.6. The molecule has 0 heterocycles. The van der Waals surface area contributed by atoms with E-state index in [2.05, 4.69) is 59.9 Å². The Balaban J connectivity index is 1.75. The van der Waals surface area contributed by atoms with Crippen molar-refractivity contribution in [2.24, 2.45) is 0 Å². The van der Waals surface area contributed by atoms with Crippen LogP contribution in [0.25, 0.3) is 32.3 Å². The minimum absolute atomic E-state index is 0.0611. The van der Waals surface area contributed by atoms with E-state index in [1.165, 1.54) is 33.0 Å². The third kappa shape index (κ3) is 2.55. The van der Waals surface area contributed by atoms with Crippen LogP contribution >= 0.6 is 0 Å². The van der Waals surface area contributed by atoms with E-state index < -0.39 is 0 Å². The zero-order valence-corrected chi connectivity index (χ0v) is 14.9. The summed E-state index contributed by atoms with van der Waals surface area (Å²) in [4.78, 5) is 10.9. The molecule has 0 aliphatic heterocycles. The average Bonchev–Trinajstić information content (AvgIpc) is 2.74. The molecule has 0 fully saturated rings. The Morgan fingerprint density at radius 1 is 0.607 bits per heavy atom. The molecule has 134 valence electrons. The summed E-state index contributed by atoms with van der Waals surface area (Å²) < 4.78 is 0. The Labute approximate surface area is 161 Å². The number of anilines is 2. The van der Waals surface area contributed by atoms with Crippen LogP contribution in [0.4, 0.5) is 17.1 Å². The van der Waals surface area contributed by atoms with E-state index in [9.17, 15) is 10.1 Å². The quantitative estimate of drug-likeness (QED) is 0.218. The van der Waals surface area contributed by atoms with E-state index in [0.717, 1.165) is 11.1 Å². The second-order valence-corrected chi connectivity index (χ2v) is 6.75. The Morgan fingerprint density at radius 3 is 1.71 bits per heavy atom. The van der Waals surface area contributed by atoms with Gasteiger partial charge in [-0.1, -0.05) is 66.7 Å². The molecule has 0 aromatic heterocycles. The van der Waals surface area contributed by atoms with Crippen molar-refractivity contribution in [2.45, 2.75) is 0 Å². The smallest absolute Gasteiger partial charge is 0.292 e. The highest BCUT2D eigenvalue weighted by Gasteiger charge is 2.13. The van der Waals surface area contributed by atoms with Crippen molar-refractivity contribution >= 4 is 49.4 Å². The lowest BCUT2D eigenvalue weighted by molar-refractivity contribution is -0.383. The average molecular weight is 364 g/mol. The van der Waals surface area contributed by atoms with Crippen molar-refractivity contribution < 1.29 is 4.92 Å². The van der Waals surface area contributed by atoms with Crippen molar-refractivity contribution in [1.82, 2.24) is 0 Å². The minimum atomic E-state index is -0.369. The van der Waals surface area contributed by atoms with Gasteiger partial charge in [-0.25, -0.2) is 0 Å². The molecule has 4 nitrogen and oxygen atoms in total. The Hall–Kier alpha value is -3.92. The number of nitro benzene ring substituents is 1. The molecule has 0 spiro atoms. The number of nitro groups is 1. The number of rotatable bonds is 3. The van der Waals surface area contributed by atoms with Crippen molar-refractivity contribution in [2.75, 3.05) is 5.32 Å². The zero-order valence-electron chi connectivity index (χ0n) is 14.9. The molecule has 4 heteroatoms. The van der Waals surface area contributed by atoms with Gasteiger partial charge in [-0.15, -0.1) is 0 Å². The first-order valence-corrected chi connectivity index (χ1v) is 9.06. The molecule has 5 aromatic rings. The number of para-hydroxylation sites is 2. The molecule has 0 aliphatic carbocycles. The van der Waals surface area contributed by atoms with Crippen molar-refractivity contribution in [3.05, 3.63) is 101 Å². The number of benzene rings is 5. The molecule has 1 N–H and O–H groups in total. The van der Waals surface area contributed by atoms with Crippen molar-refractivity contribution in [3.63, 3.8) is 0 Å². The maximum atomic E-state index is 11.3. The highest BCUT2D eigenvalue weighted by Crippen LogP contribution is 2.37. The molecular formula is C24H16N2O2. The number of nitrogens with one attached hydrogen (secondary N) is 1. The predicted octanol–water partition coefficient (Wildman–Crippen LogP) is 6.80. The van der Waals surface area contributed by atoms with Gasteiger partial charge in [0.2, 0.25) is 0 Å². The second-order valence-electron chi connectivity index (χ2n) is 6.75. The summed E-state index contributed by atoms with van der Waals surface area (Å²) in [6.45, 7) is 0. The van der Waals surface area contributed by atoms with Crippen LogP contribution in [-0.4, -0.2) is 4.92 Å². The molecular weight excluding hydrogens is 348 g/mol. The highest BCUT2D eigenvalue weighted by atomic mass is 16.6. The van der Waals surface area contributed by atoms with Gasteiger partial charge in [-0.2, -0.15) is 0 Å². The zero-order chi connectivity index (χ0) is 19.1. The van der Waals surface area contributed by atoms with Crippen LogP contribution in [0.5, 0.6) is 0 Å². The summed E-state index contributed by atoms with van der Waals surface area (Å²) in [5.74, 6) is 0. The fourth-order valence-electron chi connectivity index (χ4n) is 3.88. The molecule has 0 atom stereocenters. The first-order chi connectivity index (χ1) is 13.7. The Bertz CT molecular complexity index is 1340. The molecule has 28 heavy (non-hydrogen) atoms. The highest BCUT2D eigenvalue weighted by molar-refractivity contribution is 6.25. The van der Waals surface area contributed by atoms with Crippen LogP contribution in [0, 0.1) is 10.1 Å². The topological polar surface area (TPSA) is 55.2 Å². The maximum Gasteiger partial charge on any atom is 0.292 e. The molecule has 0 saturated heterocycles. The van der Waals surface area contributed by atoms with Gasteiger partial charge in [0, 0.05) is 11.8 Å². The van der Waals surface area contributed by atoms with Gasteiger partial charge in [0.25, 0.3) is 5.69 Å². The van der Waals surface area contributed by atoms with Gasteiger partial charge >= 0.3 is 0 Å². The molecule has 0 radical (unpaired) electrons. The Morgan fingerprint density at radius 2 is 1.11 bits per heavy atom. The van der Waals surface area contributed by atoms with E-state index in [-0.39, 0.29) is 10.6 Å². The lowest BCUT2D eigenvalue weighted by Crippen LogP contribution is -1.96.